The highest BCUT2D eigenvalue weighted by atomic mass is 79.9. The summed E-state index contributed by atoms with van der Waals surface area (Å²) in [6.45, 7) is 15.5. The quantitative estimate of drug-likeness (QED) is 0.317. The van der Waals surface area contributed by atoms with Crippen molar-refractivity contribution in [3.8, 4) is 5.75 Å². The van der Waals surface area contributed by atoms with Gasteiger partial charge >= 0.3 is 0 Å². The van der Waals surface area contributed by atoms with Crippen LogP contribution in [0.15, 0.2) is 24.3 Å². The second kappa shape index (κ2) is 7.78. The van der Waals surface area contributed by atoms with Gasteiger partial charge in [0, 0.05) is 5.56 Å². The summed E-state index contributed by atoms with van der Waals surface area (Å²) in [6.07, 6.45) is 0. The van der Waals surface area contributed by atoms with Crippen molar-refractivity contribution in [3.05, 3.63) is 29.8 Å². The molecule has 0 heterocycles. The van der Waals surface area contributed by atoms with Gasteiger partial charge in [-0.1, -0.05) is 57.5 Å². The normalized spacial score (nSPS) is 13.8. The highest BCUT2D eigenvalue weighted by Crippen LogP contribution is 2.42. The molecule has 22 heavy (non-hydrogen) atoms. The Morgan fingerprint density at radius 1 is 0.909 bits per heavy atom. The summed E-state index contributed by atoms with van der Waals surface area (Å²) < 4.78 is 6.60. The molecule has 1 rings (SSSR count). The molecule has 0 radical (unpaired) electrons. The van der Waals surface area contributed by atoms with Gasteiger partial charge in [-0.15, -0.1) is 0 Å². The van der Waals surface area contributed by atoms with Crippen LogP contribution in [0.25, 0.3) is 0 Å². The lowest BCUT2D eigenvalue weighted by Gasteiger charge is -2.42. The molecular weight excluding hydrogens is 356 g/mol. The zero-order chi connectivity index (χ0) is 17.1. The van der Waals surface area contributed by atoms with Crippen LogP contribution in [0.5, 0.6) is 5.75 Å². The lowest BCUT2D eigenvalue weighted by atomic mass is 10.1. The summed E-state index contributed by atoms with van der Waals surface area (Å²) in [6, 6.07) is 7.63. The molecule has 0 fully saturated rings. The van der Waals surface area contributed by atoms with E-state index in [1.165, 1.54) is 0 Å². The van der Waals surface area contributed by atoms with Crippen molar-refractivity contribution < 1.29 is 9.22 Å². The Bertz CT molecular complexity index is 471. The van der Waals surface area contributed by atoms with Crippen LogP contribution >= 0.6 is 15.9 Å². The second-order valence-corrected chi connectivity index (χ2v) is 13.7. The zero-order valence-corrected chi connectivity index (χ0v) is 17.4. The van der Waals surface area contributed by atoms with E-state index < -0.39 is 8.32 Å². The summed E-state index contributed by atoms with van der Waals surface area (Å²) >= 11 is 3.33. The Labute approximate surface area is 144 Å². The molecular formula is C18H29BrO2Si. The summed E-state index contributed by atoms with van der Waals surface area (Å²) in [5.74, 6) is 0.994. The van der Waals surface area contributed by atoms with Crippen LogP contribution < -0.4 is 4.43 Å². The number of halogens is 1. The first-order valence-electron chi connectivity index (χ1n) is 8.10. The van der Waals surface area contributed by atoms with Crippen LogP contribution in [-0.4, -0.2) is 18.9 Å². The van der Waals surface area contributed by atoms with Crippen molar-refractivity contribution in [3.63, 3.8) is 0 Å². The van der Waals surface area contributed by atoms with Crippen LogP contribution in [-0.2, 0) is 0 Å². The minimum absolute atomic E-state index is 0.103. The lowest BCUT2D eigenvalue weighted by Crippen LogP contribution is -2.50. The Morgan fingerprint density at radius 3 is 1.64 bits per heavy atom. The van der Waals surface area contributed by atoms with Crippen molar-refractivity contribution in [2.24, 2.45) is 0 Å². The third kappa shape index (κ3) is 4.02. The molecule has 4 heteroatoms. The van der Waals surface area contributed by atoms with Crippen molar-refractivity contribution in [1.29, 1.82) is 0 Å². The third-order valence-corrected chi connectivity index (χ3v) is 10.9. The fraction of sp³-hybridized carbons (Fsp3) is 0.611. The molecule has 124 valence electrons. The molecule has 1 aromatic rings. The van der Waals surface area contributed by atoms with Crippen molar-refractivity contribution in [1.82, 2.24) is 0 Å². The average Bonchev–Trinajstić information content (AvgIpc) is 2.43. The van der Waals surface area contributed by atoms with Crippen LogP contribution in [0.1, 0.15) is 58.8 Å². The predicted molar refractivity (Wildman–Crippen MR) is 101 cm³/mol. The van der Waals surface area contributed by atoms with E-state index in [1.54, 1.807) is 0 Å². The van der Waals surface area contributed by atoms with Crippen LogP contribution in [0.2, 0.25) is 16.6 Å². The summed E-state index contributed by atoms with van der Waals surface area (Å²) in [4.78, 5) is 11.8. The van der Waals surface area contributed by atoms with Gasteiger partial charge in [0.25, 0.3) is 8.32 Å². The maximum absolute atomic E-state index is 12.0. The standard InChI is InChI=1S/C18H29BrO2Si/c1-12(2)22(13(3)4,14(5)6)21-17-10-8-16(9-11-17)18(20)15(7)19/h8-15H,1-7H3/t15-/m1/s1. The Kier molecular flexibility index (Phi) is 6.87. The van der Waals surface area contributed by atoms with E-state index in [1.807, 2.05) is 31.2 Å². The molecule has 0 aromatic heterocycles. The van der Waals surface area contributed by atoms with Gasteiger partial charge in [0.2, 0.25) is 0 Å². The molecule has 0 bridgehead atoms. The molecule has 0 unspecified atom stereocenters. The molecule has 0 spiro atoms. The molecule has 0 amide bonds. The Hall–Kier alpha value is -0.613. The first kappa shape index (κ1) is 19.4. The molecule has 0 aliphatic carbocycles. The molecule has 1 atom stereocenters. The van der Waals surface area contributed by atoms with Gasteiger partial charge in [0.15, 0.2) is 5.78 Å². The Balaban J connectivity index is 3.08. The molecule has 0 aliphatic heterocycles. The third-order valence-electron chi connectivity index (χ3n) is 4.50. The first-order valence-corrected chi connectivity index (χ1v) is 11.2. The first-order chi connectivity index (χ1) is 10.1. The number of hydrogen-bond donors (Lipinski definition) is 0. The maximum atomic E-state index is 12.0. The number of rotatable bonds is 7. The van der Waals surface area contributed by atoms with Crippen LogP contribution in [0, 0.1) is 0 Å². The Morgan fingerprint density at radius 2 is 1.32 bits per heavy atom. The van der Waals surface area contributed by atoms with E-state index in [0.29, 0.717) is 16.6 Å². The topological polar surface area (TPSA) is 26.3 Å². The fourth-order valence-corrected chi connectivity index (χ4v) is 8.99. The van der Waals surface area contributed by atoms with E-state index in [0.717, 1.165) is 11.3 Å². The lowest BCUT2D eigenvalue weighted by molar-refractivity contribution is 0.0996. The van der Waals surface area contributed by atoms with Gasteiger partial charge in [-0.05, 0) is 47.8 Å². The maximum Gasteiger partial charge on any atom is 0.258 e. The van der Waals surface area contributed by atoms with Gasteiger partial charge in [-0.2, -0.15) is 0 Å². The number of alkyl halides is 1. The fourth-order valence-electron chi connectivity index (χ4n) is 3.47. The minimum atomic E-state index is -1.93. The van der Waals surface area contributed by atoms with Crippen molar-refractivity contribution in [2.45, 2.75) is 69.9 Å². The molecule has 0 saturated carbocycles. The SMILES string of the molecule is CC(C)[Si](Oc1ccc(C(=O)[C@@H](C)Br)cc1)(C(C)C)C(C)C. The van der Waals surface area contributed by atoms with E-state index in [4.69, 9.17) is 4.43 Å². The van der Waals surface area contributed by atoms with Crippen molar-refractivity contribution >= 4 is 30.0 Å². The van der Waals surface area contributed by atoms with Gasteiger partial charge in [0.05, 0.1) is 4.83 Å². The zero-order valence-electron chi connectivity index (χ0n) is 14.8. The van der Waals surface area contributed by atoms with Gasteiger partial charge < -0.3 is 4.43 Å². The number of hydrogen-bond acceptors (Lipinski definition) is 2. The van der Waals surface area contributed by atoms with E-state index in [-0.39, 0.29) is 10.6 Å². The molecule has 0 aliphatic rings. The highest BCUT2D eigenvalue weighted by molar-refractivity contribution is 9.10. The van der Waals surface area contributed by atoms with Crippen LogP contribution in [0.3, 0.4) is 0 Å². The number of carbonyl (C=O) groups excluding carboxylic acids is 1. The summed E-state index contributed by atoms with van der Waals surface area (Å²) in [5.41, 5.74) is 2.34. The smallest absolute Gasteiger partial charge is 0.258 e. The predicted octanol–water partition coefficient (Wildman–Crippen LogP) is 6.21. The number of Topliss-reactive ketones (excluding diaryl/α,β-unsaturated/α-hetero) is 1. The monoisotopic (exact) mass is 384 g/mol. The van der Waals surface area contributed by atoms with E-state index in [2.05, 4.69) is 57.5 Å². The minimum Gasteiger partial charge on any atom is -0.543 e. The summed E-state index contributed by atoms with van der Waals surface area (Å²) in [5, 5.41) is 0. The van der Waals surface area contributed by atoms with Gasteiger partial charge in [-0.3, -0.25) is 4.79 Å². The van der Waals surface area contributed by atoms with Crippen molar-refractivity contribution in [2.75, 3.05) is 0 Å². The second-order valence-electron chi connectivity index (χ2n) is 6.92. The number of carbonyl (C=O) groups is 1. The molecule has 1 aromatic carbocycles. The van der Waals surface area contributed by atoms with Gasteiger partial charge in [0.1, 0.15) is 5.75 Å². The van der Waals surface area contributed by atoms with E-state index in [9.17, 15) is 4.79 Å². The van der Waals surface area contributed by atoms with Gasteiger partial charge in [-0.25, -0.2) is 0 Å². The number of benzene rings is 1. The number of ketones is 1. The van der Waals surface area contributed by atoms with Crippen LogP contribution in [0.4, 0.5) is 0 Å². The molecule has 0 N–H and O–H groups in total. The molecule has 2 nitrogen and oxygen atoms in total. The summed E-state index contributed by atoms with van der Waals surface area (Å²) in [7, 11) is -1.93. The largest absolute Gasteiger partial charge is 0.543 e. The van der Waals surface area contributed by atoms with E-state index >= 15 is 0 Å². The average molecular weight is 385 g/mol. The highest BCUT2D eigenvalue weighted by Gasteiger charge is 2.46. The molecule has 0 saturated heterocycles.